The predicted octanol–water partition coefficient (Wildman–Crippen LogP) is 3.02. The van der Waals surface area contributed by atoms with Gasteiger partial charge in [-0.25, -0.2) is 0 Å². The van der Waals surface area contributed by atoms with E-state index in [1.54, 1.807) is 29.4 Å². The van der Waals surface area contributed by atoms with Gasteiger partial charge in [0, 0.05) is 32.0 Å². The fraction of sp³-hybridized carbons (Fsp3) is 0.444. The van der Waals surface area contributed by atoms with Crippen LogP contribution in [0, 0.1) is 0 Å². The van der Waals surface area contributed by atoms with Crippen molar-refractivity contribution in [1.82, 2.24) is 10.2 Å². The lowest BCUT2D eigenvalue weighted by molar-refractivity contribution is -0.137. The van der Waals surface area contributed by atoms with Crippen LogP contribution in [0.3, 0.4) is 0 Å². The van der Waals surface area contributed by atoms with Crippen LogP contribution in [-0.2, 0) is 14.4 Å². The van der Waals surface area contributed by atoms with Gasteiger partial charge in [0.2, 0.25) is 5.91 Å². The summed E-state index contributed by atoms with van der Waals surface area (Å²) >= 11 is 6.54. The normalized spacial score (nSPS) is 15.6. The summed E-state index contributed by atoms with van der Waals surface area (Å²) in [5, 5.41) is 11.2. The average Bonchev–Trinajstić information content (AvgIpc) is 3.21. The van der Waals surface area contributed by atoms with Crippen LogP contribution in [0.15, 0.2) is 27.7 Å². The van der Waals surface area contributed by atoms with E-state index in [2.05, 4.69) is 5.32 Å². The van der Waals surface area contributed by atoms with E-state index in [-0.39, 0.29) is 18.2 Å². The maximum Gasteiger partial charge on any atom is 0.303 e. The zero-order valence-corrected chi connectivity index (χ0v) is 16.4. The van der Waals surface area contributed by atoms with Gasteiger partial charge in [0.15, 0.2) is 0 Å². The molecule has 0 atom stereocenters. The van der Waals surface area contributed by atoms with E-state index in [9.17, 15) is 14.4 Å². The zero-order valence-electron chi connectivity index (χ0n) is 14.8. The number of furan rings is 1. The van der Waals surface area contributed by atoms with Gasteiger partial charge < -0.3 is 14.8 Å². The number of nitrogens with one attached hydrogen (secondary N) is 1. The molecule has 27 heavy (non-hydrogen) atoms. The Kier molecular flexibility index (Phi) is 8.53. The Hall–Kier alpha value is -2.13. The summed E-state index contributed by atoms with van der Waals surface area (Å²) in [6.45, 7) is 0.907. The second kappa shape index (κ2) is 10.9. The third-order valence-corrected chi connectivity index (χ3v) is 5.24. The summed E-state index contributed by atoms with van der Waals surface area (Å²) in [5.41, 5.74) is 0. The first-order chi connectivity index (χ1) is 13.0. The minimum Gasteiger partial charge on any atom is -0.481 e. The number of unbranched alkanes of at least 4 members (excludes halogenated alkanes) is 2. The van der Waals surface area contributed by atoms with Gasteiger partial charge in [0.25, 0.3) is 5.91 Å². The highest BCUT2D eigenvalue weighted by molar-refractivity contribution is 8.26. The van der Waals surface area contributed by atoms with Gasteiger partial charge in [-0.05, 0) is 31.4 Å². The molecule has 0 aliphatic carbocycles. The van der Waals surface area contributed by atoms with E-state index < -0.39 is 5.97 Å². The molecule has 1 aliphatic heterocycles. The van der Waals surface area contributed by atoms with Gasteiger partial charge in [0.05, 0.1) is 11.2 Å². The minimum absolute atomic E-state index is 0.0540. The molecule has 9 heteroatoms. The fourth-order valence-electron chi connectivity index (χ4n) is 2.48. The number of nitrogens with zero attached hydrogens (tertiary/aromatic N) is 1. The van der Waals surface area contributed by atoms with Crippen molar-refractivity contribution >= 4 is 52.2 Å². The molecule has 1 fully saturated rings. The van der Waals surface area contributed by atoms with Crippen molar-refractivity contribution in [3.8, 4) is 0 Å². The number of amides is 2. The molecule has 1 aliphatic rings. The largest absolute Gasteiger partial charge is 0.481 e. The number of rotatable bonds is 11. The first-order valence-electron chi connectivity index (χ1n) is 8.74. The molecule has 2 rings (SSSR count). The number of carboxylic acid groups (broad SMARTS) is 1. The van der Waals surface area contributed by atoms with Crippen LogP contribution in [0.5, 0.6) is 0 Å². The standard InChI is InChI=1S/C18H22N2O5S2/c21-15(19-9-4-8-16(22)23)7-2-1-3-10-20-17(24)14(27-18(20)26)12-13-6-5-11-25-13/h5-6,11-12H,1-4,7-10H2,(H,19,21)(H,22,23)/b14-12-. The van der Waals surface area contributed by atoms with Crippen LogP contribution in [-0.4, -0.2) is 45.2 Å². The van der Waals surface area contributed by atoms with Gasteiger partial charge in [-0.3, -0.25) is 19.3 Å². The molecule has 7 nitrogen and oxygen atoms in total. The van der Waals surface area contributed by atoms with Gasteiger partial charge >= 0.3 is 5.97 Å². The Labute approximate surface area is 167 Å². The monoisotopic (exact) mass is 410 g/mol. The molecule has 0 bridgehead atoms. The van der Waals surface area contributed by atoms with Gasteiger partial charge in [-0.15, -0.1) is 0 Å². The molecule has 2 amide bonds. The van der Waals surface area contributed by atoms with E-state index in [0.29, 0.717) is 47.3 Å². The Morgan fingerprint density at radius 3 is 2.78 bits per heavy atom. The molecule has 0 saturated carbocycles. The zero-order chi connectivity index (χ0) is 19.6. The maximum absolute atomic E-state index is 12.4. The summed E-state index contributed by atoms with van der Waals surface area (Å²) in [5.74, 6) is -0.436. The van der Waals surface area contributed by atoms with E-state index in [4.69, 9.17) is 21.7 Å². The third-order valence-electron chi connectivity index (χ3n) is 3.87. The second-order valence-electron chi connectivity index (χ2n) is 6.01. The Bertz CT molecular complexity index is 715. The van der Waals surface area contributed by atoms with Crippen LogP contribution in [0.2, 0.25) is 0 Å². The molecule has 2 heterocycles. The Balaban J connectivity index is 1.63. The van der Waals surface area contributed by atoms with Crippen molar-refractivity contribution in [3.63, 3.8) is 0 Å². The van der Waals surface area contributed by atoms with E-state index in [1.165, 1.54) is 11.8 Å². The van der Waals surface area contributed by atoms with Crippen LogP contribution in [0.25, 0.3) is 6.08 Å². The highest BCUT2D eigenvalue weighted by Gasteiger charge is 2.31. The molecule has 146 valence electrons. The van der Waals surface area contributed by atoms with Crippen molar-refractivity contribution in [2.24, 2.45) is 0 Å². The van der Waals surface area contributed by atoms with Crippen LogP contribution in [0.4, 0.5) is 0 Å². The molecule has 0 unspecified atom stereocenters. The molecule has 0 spiro atoms. The highest BCUT2D eigenvalue weighted by atomic mass is 32.2. The molecular weight excluding hydrogens is 388 g/mol. The van der Waals surface area contributed by atoms with Gasteiger partial charge in [-0.2, -0.15) is 0 Å². The molecule has 1 aromatic rings. The van der Waals surface area contributed by atoms with Crippen molar-refractivity contribution in [3.05, 3.63) is 29.1 Å². The summed E-state index contributed by atoms with van der Waals surface area (Å²) in [4.78, 5) is 36.6. The maximum atomic E-state index is 12.4. The molecule has 1 saturated heterocycles. The molecule has 2 N–H and O–H groups in total. The molecule has 1 aromatic heterocycles. The van der Waals surface area contributed by atoms with E-state index in [0.717, 1.165) is 12.8 Å². The summed E-state index contributed by atoms with van der Waals surface area (Å²) in [6, 6.07) is 3.54. The second-order valence-corrected chi connectivity index (χ2v) is 7.68. The quantitative estimate of drug-likeness (QED) is 0.329. The number of thiocarbonyl (C=S) groups is 1. The SMILES string of the molecule is O=C(O)CCCNC(=O)CCCCCN1C(=O)/C(=C/c2ccco2)SC1=S. The predicted molar refractivity (Wildman–Crippen MR) is 107 cm³/mol. The highest BCUT2D eigenvalue weighted by Crippen LogP contribution is 2.32. The van der Waals surface area contributed by atoms with E-state index >= 15 is 0 Å². The number of thioether (sulfide) groups is 1. The van der Waals surface area contributed by atoms with E-state index in [1.807, 2.05) is 0 Å². The first-order valence-corrected chi connectivity index (χ1v) is 9.97. The molecule has 0 aromatic carbocycles. The number of hydrogen-bond donors (Lipinski definition) is 2. The summed E-state index contributed by atoms with van der Waals surface area (Å²) < 4.78 is 5.76. The van der Waals surface area contributed by atoms with Crippen LogP contribution >= 0.6 is 24.0 Å². The Morgan fingerprint density at radius 2 is 2.07 bits per heavy atom. The van der Waals surface area contributed by atoms with Crippen LogP contribution in [0.1, 0.15) is 44.3 Å². The average molecular weight is 411 g/mol. The van der Waals surface area contributed by atoms with Crippen molar-refractivity contribution in [2.75, 3.05) is 13.1 Å². The van der Waals surface area contributed by atoms with Crippen molar-refractivity contribution in [1.29, 1.82) is 0 Å². The van der Waals surface area contributed by atoms with Gasteiger partial charge in [-0.1, -0.05) is 30.4 Å². The Morgan fingerprint density at radius 1 is 1.26 bits per heavy atom. The lowest BCUT2D eigenvalue weighted by atomic mass is 10.2. The van der Waals surface area contributed by atoms with Gasteiger partial charge in [0.1, 0.15) is 10.1 Å². The lowest BCUT2D eigenvalue weighted by Crippen LogP contribution is -2.29. The number of carboxylic acids is 1. The number of carbonyl (C=O) groups is 3. The fourth-order valence-corrected chi connectivity index (χ4v) is 3.77. The summed E-state index contributed by atoms with van der Waals surface area (Å²) in [6.07, 6.45) is 6.39. The lowest BCUT2D eigenvalue weighted by Gasteiger charge is -2.14. The minimum atomic E-state index is -0.862. The molecular formula is C18H22N2O5S2. The topological polar surface area (TPSA) is 99.9 Å². The smallest absolute Gasteiger partial charge is 0.303 e. The number of carbonyl (C=O) groups excluding carboxylic acids is 2. The third kappa shape index (κ3) is 7.18. The number of hydrogen-bond acceptors (Lipinski definition) is 6. The first kappa shape index (κ1) is 21.2. The van der Waals surface area contributed by atoms with Crippen molar-refractivity contribution in [2.45, 2.75) is 38.5 Å². The molecule has 0 radical (unpaired) electrons. The van der Waals surface area contributed by atoms with Crippen molar-refractivity contribution < 1.29 is 23.9 Å². The van der Waals surface area contributed by atoms with Crippen LogP contribution < -0.4 is 5.32 Å². The summed E-state index contributed by atoms with van der Waals surface area (Å²) in [7, 11) is 0. The number of aliphatic carboxylic acids is 1.